The molecule has 0 aliphatic carbocycles. The second kappa shape index (κ2) is 17.2. The molecule has 0 aromatic carbocycles. The van der Waals surface area contributed by atoms with Gasteiger partial charge in [-0.05, 0) is 81.1 Å². The molecule has 0 amide bonds. The molecule has 2 fully saturated rings. The Morgan fingerprint density at radius 3 is 0.977 bits per heavy atom. The molecule has 0 saturated carbocycles. The van der Waals surface area contributed by atoms with Crippen LogP contribution < -0.4 is 10.2 Å². The van der Waals surface area contributed by atoms with Crippen molar-refractivity contribution in [2.75, 3.05) is 49.7 Å². The van der Waals surface area contributed by atoms with Gasteiger partial charge in [-0.15, -0.1) is 46.4 Å². The summed E-state index contributed by atoms with van der Waals surface area (Å²) >= 11 is 22.8. The first kappa shape index (κ1) is 43.2. The minimum atomic E-state index is -3.72. The summed E-state index contributed by atoms with van der Waals surface area (Å²) in [5, 5.41) is 29.0. The van der Waals surface area contributed by atoms with Gasteiger partial charge in [-0.3, -0.25) is 9.13 Å². The summed E-state index contributed by atoms with van der Waals surface area (Å²) in [5.74, 6) is 1.04. The zero-order valence-electron chi connectivity index (χ0n) is 27.4. The minimum absolute atomic E-state index is 0.183. The predicted molar refractivity (Wildman–Crippen MR) is 182 cm³/mol. The molecule has 2 unspecified atom stereocenters. The fourth-order valence-corrected chi connectivity index (χ4v) is 10.9. The molecule has 0 bridgehead atoms. The quantitative estimate of drug-likeness (QED) is 0.0950. The molecule has 12 nitrogen and oxygen atoms in total. The highest BCUT2D eigenvalue weighted by Gasteiger charge is 2.48. The summed E-state index contributed by atoms with van der Waals surface area (Å²) in [5.41, 5.74) is -1.93. The molecule has 18 heteroatoms. The van der Waals surface area contributed by atoms with E-state index in [0.717, 1.165) is 0 Å². The Balaban J connectivity index is 0.000000440. The van der Waals surface area contributed by atoms with E-state index in [2.05, 4.69) is 10.2 Å². The molecule has 0 aromatic rings. The molecule has 0 aromatic heterocycles. The minimum Gasteiger partial charge on any atom is -0.322 e. The van der Waals surface area contributed by atoms with Crippen LogP contribution >= 0.6 is 61.7 Å². The van der Waals surface area contributed by atoms with Gasteiger partial charge in [0, 0.05) is 83.9 Å². The van der Waals surface area contributed by atoms with Crippen LogP contribution in [0.1, 0.15) is 81.1 Å². The predicted octanol–water partition coefficient (Wildman–Crippen LogP) is 5.73. The van der Waals surface area contributed by atoms with Crippen LogP contribution in [0.4, 0.5) is 0 Å². The molecule has 2 saturated heterocycles. The lowest BCUT2D eigenvalue weighted by molar-refractivity contribution is -0.245. The largest absolute Gasteiger partial charge is 0.341 e. The van der Waals surface area contributed by atoms with Crippen molar-refractivity contribution in [2.24, 2.45) is 0 Å². The Hall–Kier alpha value is 1.22. The highest BCUT2D eigenvalue weighted by molar-refractivity contribution is 7.53. The van der Waals surface area contributed by atoms with E-state index >= 15 is 0 Å². The number of alkyl halides is 4. The van der Waals surface area contributed by atoms with Gasteiger partial charge in [-0.25, -0.2) is 19.5 Å². The van der Waals surface area contributed by atoms with E-state index in [1.54, 1.807) is 0 Å². The normalized spacial score (nSPS) is 25.3. The van der Waals surface area contributed by atoms with Crippen LogP contribution in [0.3, 0.4) is 0 Å². The zero-order valence-corrected chi connectivity index (χ0v) is 32.3. The number of piperidine rings is 2. The standard InChI is InChI=1S/2C13H28Cl2N3O3P/c2*1-12(2)9-11(10-13(3,4)18(12)19)16-22(20,21)17(7-5-14)8-6-15/h2*11,19H,5-10H2,1-4H3,(H2,16,20,21). The van der Waals surface area contributed by atoms with Crippen LogP contribution in [-0.2, 0) is 9.13 Å². The molecular formula is C26H56Cl4N6O6P2. The van der Waals surface area contributed by atoms with Crippen molar-refractivity contribution < 1.29 is 29.3 Å². The lowest BCUT2D eigenvalue weighted by atomic mass is 9.79. The monoisotopic (exact) mass is 750 g/mol. The van der Waals surface area contributed by atoms with Crippen molar-refractivity contribution in [1.82, 2.24) is 29.6 Å². The van der Waals surface area contributed by atoms with Crippen molar-refractivity contribution in [3.63, 3.8) is 0 Å². The number of nitrogens with zero attached hydrogens (tertiary/aromatic N) is 4. The molecule has 2 atom stereocenters. The summed E-state index contributed by atoms with van der Waals surface area (Å²) in [4.78, 5) is 20.7. The number of halogens is 4. The Kier molecular flexibility index (Phi) is 16.9. The molecule has 0 radical (unpaired) electrons. The van der Waals surface area contributed by atoms with Gasteiger partial charge in [-0.2, -0.15) is 10.1 Å². The van der Waals surface area contributed by atoms with Gasteiger partial charge >= 0.3 is 15.3 Å². The highest BCUT2D eigenvalue weighted by atomic mass is 35.5. The number of nitrogens with one attached hydrogen (secondary N) is 2. The number of hydrogen-bond acceptors (Lipinski definition) is 6. The van der Waals surface area contributed by atoms with Gasteiger partial charge in [0.05, 0.1) is 0 Å². The lowest BCUT2D eigenvalue weighted by Gasteiger charge is -2.52. The number of rotatable bonds is 14. The Bertz CT molecular complexity index is 875. The van der Waals surface area contributed by atoms with Gasteiger partial charge in [-0.1, -0.05) is 0 Å². The average Bonchev–Trinajstić information content (AvgIpc) is 2.84. The van der Waals surface area contributed by atoms with E-state index in [9.17, 15) is 29.3 Å². The summed E-state index contributed by atoms with van der Waals surface area (Å²) in [6, 6.07) is -0.366. The third kappa shape index (κ3) is 12.3. The van der Waals surface area contributed by atoms with E-state index in [4.69, 9.17) is 46.4 Å². The maximum atomic E-state index is 12.6. The molecule has 264 valence electrons. The van der Waals surface area contributed by atoms with Crippen molar-refractivity contribution in [3.8, 4) is 0 Å². The van der Waals surface area contributed by atoms with Crippen molar-refractivity contribution in [3.05, 3.63) is 0 Å². The van der Waals surface area contributed by atoms with Crippen molar-refractivity contribution in [2.45, 2.75) is 115 Å². The van der Waals surface area contributed by atoms with Crippen LogP contribution in [0.5, 0.6) is 0 Å². The molecule has 2 aliphatic rings. The third-order valence-electron chi connectivity index (χ3n) is 8.12. The molecule has 2 heterocycles. The van der Waals surface area contributed by atoms with Gasteiger partial charge in [0.25, 0.3) is 0 Å². The van der Waals surface area contributed by atoms with Crippen molar-refractivity contribution in [1.29, 1.82) is 0 Å². The van der Waals surface area contributed by atoms with E-state index in [0.29, 0.717) is 51.9 Å². The summed E-state index contributed by atoms with van der Waals surface area (Å²) in [6.45, 7) is 16.5. The second-order valence-electron chi connectivity index (χ2n) is 14.1. The van der Waals surface area contributed by atoms with Crippen LogP contribution in [0, 0.1) is 0 Å². The first-order valence-electron chi connectivity index (χ1n) is 14.9. The average molecular weight is 753 g/mol. The Morgan fingerprint density at radius 2 is 0.795 bits per heavy atom. The third-order valence-corrected chi connectivity index (χ3v) is 12.5. The van der Waals surface area contributed by atoms with Crippen molar-refractivity contribution >= 4 is 61.7 Å². The highest BCUT2D eigenvalue weighted by Crippen LogP contribution is 2.46. The fraction of sp³-hybridized carbons (Fsp3) is 1.00. The molecule has 6 N–H and O–H groups in total. The first-order chi connectivity index (χ1) is 19.9. The van der Waals surface area contributed by atoms with Gasteiger partial charge < -0.3 is 20.2 Å². The molecule has 44 heavy (non-hydrogen) atoms. The second-order valence-corrected chi connectivity index (χ2v) is 19.4. The summed E-state index contributed by atoms with van der Waals surface area (Å²) in [6.07, 6.45) is 2.25. The van der Waals surface area contributed by atoms with E-state index in [1.165, 1.54) is 19.5 Å². The molecule has 2 rings (SSSR count). The maximum Gasteiger partial charge on any atom is 0.341 e. The number of hydroxylamine groups is 4. The summed E-state index contributed by atoms with van der Waals surface area (Å²) < 4.78 is 28.1. The number of hydrogen-bond donors (Lipinski definition) is 6. The molecule has 0 spiro atoms. The first-order valence-corrected chi connectivity index (χ1v) is 20.2. The van der Waals surface area contributed by atoms with Crippen LogP contribution in [0.2, 0.25) is 0 Å². The fourth-order valence-electron chi connectivity index (χ4n) is 6.52. The van der Waals surface area contributed by atoms with E-state index in [1.807, 2.05) is 55.4 Å². The van der Waals surface area contributed by atoms with Gasteiger partial charge in [0.1, 0.15) is 0 Å². The van der Waals surface area contributed by atoms with Crippen LogP contribution in [-0.4, -0.2) is 124 Å². The van der Waals surface area contributed by atoms with Crippen LogP contribution in [0.15, 0.2) is 0 Å². The zero-order chi connectivity index (χ0) is 34.4. The Morgan fingerprint density at radius 1 is 0.591 bits per heavy atom. The molecule has 2 aliphatic heterocycles. The lowest BCUT2D eigenvalue weighted by Crippen LogP contribution is -2.62. The van der Waals surface area contributed by atoms with E-state index in [-0.39, 0.29) is 35.6 Å². The maximum absolute atomic E-state index is 12.6. The Labute approximate surface area is 284 Å². The summed E-state index contributed by atoms with van der Waals surface area (Å²) in [7, 11) is -7.44. The van der Waals surface area contributed by atoms with Gasteiger partial charge in [0.2, 0.25) is 0 Å². The smallest absolute Gasteiger partial charge is 0.322 e. The van der Waals surface area contributed by atoms with Gasteiger partial charge in [0.15, 0.2) is 0 Å². The molecular weight excluding hydrogens is 696 g/mol. The van der Waals surface area contributed by atoms with Crippen LogP contribution in [0.25, 0.3) is 0 Å². The SMILES string of the molecule is CC1(C)CC(NP(=O)(O)N(CCCl)CCCl)CC(C)(C)N1O.CC1(C)CC(NP(=O)(O)N(CCCl)CCCl)CC(C)(C)N1O. The van der Waals surface area contributed by atoms with E-state index < -0.39 is 37.5 Å². The topological polar surface area (TPSA) is 152 Å².